The van der Waals surface area contributed by atoms with E-state index in [1.165, 1.54) is 25.7 Å². The average Bonchev–Trinajstić information content (AvgIpc) is 2.88. The third-order valence-corrected chi connectivity index (χ3v) is 4.01. The summed E-state index contributed by atoms with van der Waals surface area (Å²) in [6.45, 7) is 2.09. The van der Waals surface area contributed by atoms with Gasteiger partial charge in [-0.1, -0.05) is 19.8 Å². The smallest absolute Gasteiger partial charge is 0.240 e. The lowest BCUT2D eigenvalue weighted by Crippen LogP contribution is -2.19. The molecule has 90 valence electrons. The monoisotopic (exact) mass is 222 g/mol. The maximum atomic E-state index is 11.3. The lowest BCUT2D eigenvalue weighted by molar-refractivity contribution is -0.121. The van der Waals surface area contributed by atoms with Gasteiger partial charge in [0.1, 0.15) is 0 Å². The molecule has 0 aromatic carbocycles. The predicted molar refractivity (Wildman–Crippen MR) is 65.1 cm³/mol. The fraction of sp³-hybridized carbons (Fsp3) is 0.846. The van der Waals surface area contributed by atoms with Gasteiger partial charge in [0.25, 0.3) is 0 Å². The highest BCUT2D eigenvalue weighted by atomic mass is 16.2. The van der Waals surface area contributed by atoms with E-state index in [1.807, 2.05) is 6.21 Å². The largest absolute Gasteiger partial charge is 0.273 e. The van der Waals surface area contributed by atoms with Gasteiger partial charge in [0.05, 0.1) is 0 Å². The Morgan fingerprint density at radius 3 is 2.94 bits per heavy atom. The van der Waals surface area contributed by atoms with Crippen molar-refractivity contribution in [2.45, 2.75) is 51.9 Å². The van der Waals surface area contributed by atoms with Crippen molar-refractivity contribution >= 4 is 12.1 Å². The second-order valence-corrected chi connectivity index (χ2v) is 5.26. The van der Waals surface area contributed by atoms with Gasteiger partial charge >= 0.3 is 0 Å². The number of unbranched alkanes of at least 4 members (excludes halogenated alkanes) is 1. The van der Waals surface area contributed by atoms with Crippen molar-refractivity contribution in [2.24, 2.45) is 22.9 Å². The number of hydrogen-bond donors (Lipinski definition) is 1. The summed E-state index contributed by atoms with van der Waals surface area (Å²) in [4.78, 5) is 11.3. The summed E-state index contributed by atoms with van der Waals surface area (Å²) in [5.74, 6) is 2.48. The fourth-order valence-electron chi connectivity index (χ4n) is 3.07. The minimum Gasteiger partial charge on any atom is -0.273 e. The maximum absolute atomic E-state index is 11.3. The Morgan fingerprint density at radius 2 is 2.31 bits per heavy atom. The van der Waals surface area contributed by atoms with Gasteiger partial charge in [0, 0.05) is 12.6 Å². The lowest BCUT2D eigenvalue weighted by Gasteiger charge is -2.16. The summed E-state index contributed by atoms with van der Waals surface area (Å²) < 4.78 is 0. The van der Waals surface area contributed by atoms with Crippen LogP contribution < -0.4 is 5.43 Å². The Kier molecular flexibility index (Phi) is 3.97. The SMILES string of the molecule is CCCCC(=O)NN=CC1CC2CCC1C2. The van der Waals surface area contributed by atoms with Crippen molar-refractivity contribution in [2.75, 3.05) is 0 Å². The molecule has 1 N–H and O–H groups in total. The zero-order valence-electron chi connectivity index (χ0n) is 10.1. The molecule has 2 saturated carbocycles. The predicted octanol–water partition coefficient (Wildman–Crippen LogP) is 2.71. The molecule has 0 aromatic heterocycles. The molecule has 0 saturated heterocycles. The van der Waals surface area contributed by atoms with Crippen molar-refractivity contribution < 1.29 is 4.79 Å². The first-order chi connectivity index (χ1) is 7.79. The molecule has 2 aliphatic rings. The molecule has 3 heteroatoms. The molecule has 0 spiro atoms. The Morgan fingerprint density at radius 1 is 1.44 bits per heavy atom. The van der Waals surface area contributed by atoms with E-state index in [2.05, 4.69) is 17.5 Å². The van der Waals surface area contributed by atoms with Gasteiger partial charge in [-0.25, -0.2) is 5.43 Å². The van der Waals surface area contributed by atoms with Crippen LogP contribution in [-0.2, 0) is 4.79 Å². The van der Waals surface area contributed by atoms with E-state index in [0.29, 0.717) is 12.3 Å². The number of carbonyl (C=O) groups is 1. The minimum absolute atomic E-state index is 0.0567. The second-order valence-electron chi connectivity index (χ2n) is 5.26. The van der Waals surface area contributed by atoms with Crippen molar-refractivity contribution in [1.29, 1.82) is 0 Å². The van der Waals surface area contributed by atoms with Gasteiger partial charge in [0.2, 0.25) is 5.91 Å². The maximum Gasteiger partial charge on any atom is 0.240 e. The third-order valence-electron chi connectivity index (χ3n) is 4.01. The van der Waals surface area contributed by atoms with Crippen molar-refractivity contribution in [3.8, 4) is 0 Å². The van der Waals surface area contributed by atoms with E-state index < -0.39 is 0 Å². The number of fused-ring (bicyclic) bond motifs is 2. The first kappa shape index (κ1) is 11.6. The first-order valence-corrected chi connectivity index (χ1v) is 6.61. The van der Waals surface area contributed by atoms with Crippen LogP contribution in [0.3, 0.4) is 0 Å². The van der Waals surface area contributed by atoms with Crippen LogP contribution in [0.2, 0.25) is 0 Å². The Labute approximate surface area is 97.7 Å². The lowest BCUT2D eigenvalue weighted by atomic mass is 9.90. The van der Waals surface area contributed by atoms with Crippen LogP contribution in [0.15, 0.2) is 5.10 Å². The average molecular weight is 222 g/mol. The third kappa shape index (κ3) is 2.83. The van der Waals surface area contributed by atoms with Gasteiger partial charge in [-0.2, -0.15) is 5.10 Å². The van der Waals surface area contributed by atoms with Gasteiger partial charge in [-0.3, -0.25) is 4.79 Å². The molecule has 0 aliphatic heterocycles. The van der Waals surface area contributed by atoms with Crippen LogP contribution in [0.4, 0.5) is 0 Å². The first-order valence-electron chi connectivity index (χ1n) is 6.61. The Bertz CT molecular complexity index is 275. The topological polar surface area (TPSA) is 41.5 Å². The van der Waals surface area contributed by atoms with Gasteiger partial charge < -0.3 is 0 Å². The Hall–Kier alpha value is -0.860. The highest BCUT2D eigenvalue weighted by Crippen LogP contribution is 2.47. The number of hydrazone groups is 1. The number of amides is 1. The molecule has 16 heavy (non-hydrogen) atoms. The van der Waals surface area contributed by atoms with Crippen LogP contribution in [0.1, 0.15) is 51.9 Å². The molecule has 0 heterocycles. The molecule has 2 rings (SSSR count). The number of nitrogens with one attached hydrogen (secondary N) is 1. The molecular formula is C13H22N2O. The van der Waals surface area contributed by atoms with E-state index in [-0.39, 0.29) is 5.91 Å². The molecule has 0 radical (unpaired) electrons. The zero-order valence-corrected chi connectivity index (χ0v) is 10.1. The van der Waals surface area contributed by atoms with Gasteiger partial charge in [-0.15, -0.1) is 0 Å². The van der Waals surface area contributed by atoms with Gasteiger partial charge in [-0.05, 0) is 43.4 Å². The van der Waals surface area contributed by atoms with Crippen LogP contribution in [0, 0.1) is 17.8 Å². The number of nitrogens with zero attached hydrogens (tertiary/aromatic N) is 1. The van der Waals surface area contributed by atoms with Crippen molar-refractivity contribution in [3.05, 3.63) is 0 Å². The molecule has 3 unspecified atom stereocenters. The molecular weight excluding hydrogens is 200 g/mol. The van der Waals surface area contributed by atoms with Crippen LogP contribution >= 0.6 is 0 Å². The molecule has 1 amide bonds. The molecule has 2 bridgehead atoms. The number of hydrogen-bond acceptors (Lipinski definition) is 2. The molecule has 2 aliphatic carbocycles. The van der Waals surface area contributed by atoms with E-state index >= 15 is 0 Å². The second kappa shape index (κ2) is 5.46. The van der Waals surface area contributed by atoms with Crippen LogP contribution in [0.5, 0.6) is 0 Å². The highest BCUT2D eigenvalue weighted by Gasteiger charge is 2.38. The summed E-state index contributed by atoms with van der Waals surface area (Å²) in [6.07, 6.45) is 10.1. The minimum atomic E-state index is 0.0567. The van der Waals surface area contributed by atoms with Crippen LogP contribution in [0.25, 0.3) is 0 Å². The summed E-state index contributed by atoms with van der Waals surface area (Å²) in [7, 11) is 0. The quantitative estimate of drug-likeness (QED) is 0.564. The number of rotatable bonds is 5. The van der Waals surface area contributed by atoms with E-state index in [0.717, 1.165) is 24.7 Å². The molecule has 3 atom stereocenters. The van der Waals surface area contributed by atoms with E-state index in [9.17, 15) is 4.79 Å². The van der Waals surface area contributed by atoms with Crippen LogP contribution in [-0.4, -0.2) is 12.1 Å². The Balaban J connectivity index is 1.67. The summed E-state index contributed by atoms with van der Waals surface area (Å²) in [5.41, 5.74) is 2.63. The summed E-state index contributed by atoms with van der Waals surface area (Å²) in [6, 6.07) is 0. The highest BCUT2D eigenvalue weighted by molar-refractivity contribution is 5.76. The molecule has 0 aromatic rings. The zero-order chi connectivity index (χ0) is 11.4. The number of carbonyl (C=O) groups excluding carboxylic acids is 1. The van der Waals surface area contributed by atoms with Gasteiger partial charge in [0.15, 0.2) is 0 Å². The standard InChI is InChI=1S/C13H22N2O/c1-2-3-4-13(16)15-14-9-12-8-10-5-6-11(12)7-10/h9-12H,2-8H2,1H3,(H,15,16). The molecule has 2 fully saturated rings. The summed E-state index contributed by atoms with van der Waals surface area (Å²) in [5, 5.41) is 4.10. The normalized spacial score (nSPS) is 32.4. The van der Waals surface area contributed by atoms with Crippen molar-refractivity contribution in [1.82, 2.24) is 5.43 Å². The van der Waals surface area contributed by atoms with E-state index in [1.54, 1.807) is 0 Å². The molecule has 3 nitrogen and oxygen atoms in total. The fourth-order valence-corrected chi connectivity index (χ4v) is 3.07. The van der Waals surface area contributed by atoms with Crippen molar-refractivity contribution in [3.63, 3.8) is 0 Å². The van der Waals surface area contributed by atoms with E-state index in [4.69, 9.17) is 0 Å². The summed E-state index contributed by atoms with van der Waals surface area (Å²) >= 11 is 0.